The van der Waals surface area contributed by atoms with E-state index in [1.54, 1.807) is 6.07 Å². The molecule has 2 N–H and O–H groups in total. The summed E-state index contributed by atoms with van der Waals surface area (Å²) < 4.78 is 0. The maximum atomic E-state index is 6.16. The summed E-state index contributed by atoms with van der Waals surface area (Å²) in [5.41, 5.74) is 0. The highest BCUT2D eigenvalue weighted by Crippen LogP contribution is 2.29. The van der Waals surface area contributed by atoms with Gasteiger partial charge in [0, 0.05) is 13.1 Å². The number of nitrogens with one attached hydrogen (secondary N) is 2. The molecule has 0 aliphatic carbocycles. The van der Waals surface area contributed by atoms with Crippen molar-refractivity contribution in [2.45, 2.75) is 34.1 Å². The fourth-order valence-electron chi connectivity index (χ4n) is 1.45. The highest BCUT2D eigenvalue weighted by Gasteiger charge is 2.11. The van der Waals surface area contributed by atoms with E-state index in [0.717, 1.165) is 19.5 Å². The molecule has 0 saturated heterocycles. The zero-order chi connectivity index (χ0) is 14.4. The average Bonchev–Trinajstić information content (AvgIpc) is 2.36. The Balaban J connectivity index is 2.76. The Labute approximate surface area is 126 Å². The minimum Gasteiger partial charge on any atom is -0.369 e. The van der Waals surface area contributed by atoms with Gasteiger partial charge in [-0.25, -0.2) is 4.98 Å². The molecule has 0 radical (unpaired) electrons. The highest BCUT2D eigenvalue weighted by atomic mass is 35.5. The van der Waals surface area contributed by atoms with Crippen molar-refractivity contribution in [3.8, 4) is 0 Å². The third-order valence-electron chi connectivity index (χ3n) is 3.20. The molecule has 0 spiro atoms. The predicted molar refractivity (Wildman–Crippen MR) is 85.5 cm³/mol. The Hall–Kier alpha value is -0.670. The summed E-state index contributed by atoms with van der Waals surface area (Å²) in [6.45, 7) is 10.4. The number of pyridine rings is 1. The van der Waals surface area contributed by atoms with Crippen molar-refractivity contribution >= 4 is 34.8 Å². The van der Waals surface area contributed by atoms with E-state index in [-0.39, 0.29) is 0 Å². The van der Waals surface area contributed by atoms with Gasteiger partial charge in [0.05, 0.1) is 10.0 Å². The van der Waals surface area contributed by atoms with Gasteiger partial charge in [-0.2, -0.15) is 0 Å². The van der Waals surface area contributed by atoms with Crippen LogP contribution in [0.15, 0.2) is 6.07 Å². The van der Waals surface area contributed by atoms with Gasteiger partial charge in [-0.15, -0.1) is 0 Å². The van der Waals surface area contributed by atoms with Gasteiger partial charge in [-0.3, -0.25) is 0 Å². The van der Waals surface area contributed by atoms with Crippen molar-refractivity contribution in [3.63, 3.8) is 0 Å². The van der Waals surface area contributed by atoms with Gasteiger partial charge >= 0.3 is 0 Å². The molecular weight excluding hydrogens is 281 g/mol. The average molecular weight is 304 g/mol. The van der Waals surface area contributed by atoms with Crippen LogP contribution < -0.4 is 10.6 Å². The highest BCUT2D eigenvalue weighted by molar-refractivity contribution is 6.37. The van der Waals surface area contributed by atoms with Crippen LogP contribution in [0.3, 0.4) is 0 Å². The van der Waals surface area contributed by atoms with Gasteiger partial charge in [-0.1, -0.05) is 50.9 Å². The van der Waals surface area contributed by atoms with E-state index in [1.165, 1.54) is 0 Å². The normalized spacial score (nSPS) is 12.6. The first-order chi connectivity index (χ1) is 8.95. The Morgan fingerprint density at radius 2 is 1.68 bits per heavy atom. The fraction of sp³-hybridized carbons (Fsp3) is 0.643. The Kier molecular flexibility index (Phi) is 6.73. The first kappa shape index (κ1) is 16.4. The number of aromatic nitrogens is 1. The second-order valence-corrected chi connectivity index (χ2v) is 5.99. The van der Waals surface area contributed by atoms with Gasteiger partial charge in [0.2, 0.25) is 0 Å². The first-order valence-corrected chi connectivity index (χ1v) is 7.55. The summed E-state index contributed by atoms with van der Waals surface area (Å²) in [6, 6.07) is 1.73. The molecule has 1 rings (SSSR count). The number of anilines is 2. The standard InChI is InChI=1S/C14H23Cl2N3/c1-5-6-17-13-11(15)7-12(16)14(19-13)18-8-10(4)9(2)3/h7,9-10H,5-6,8H2,1-4H3,(H2,17,18,19). The van der Waals surface area contributed by atoms with Crippen molar-refractivity contribution in [1.82, 2.24) is 4.98 Å². The number of nitrogens with zero attached hydrogens (tertiary/aromatic N) is 1. The minimum absolute atomic E-state index is 0.556. The van der Waals surface area contributed by atoms with Gasteiger partial charge in [0.1, 0.15) is 11.6 Å². The van der Waals surface area contributed by atoms with Gasteiger partial charge in [-0.05, 0) is 24.3 Å². The maximum Gasteiger partial charge on any atom is 0.147 e. The van der Waals surface area contributed by atoms with E-state index in [9.17, 15) is 0 Å². The van der Waals surface area contributed by atoms with Crippen molar-refractivity contribution in [1.29, 1.82) is 0 Å². The van der Waals surface area contributed by atoms with Crippen molar-refractivity contribution in [2.24, 2.45) is 11.8 Å². The van der Waals surface area contributed by atoms with E-state index in [4.69, 9.17) is 23.2 Å². The van der Waals surface area contributed by atoms with Crippen LogP contribution in [-0.4, -0.2) is 18.1 Å². The Bertz CT molecular complexity index is 408. The summed E-state index contributed by atoms with van der Waals surface area (Å²) >= 11 is 12.3. The van der Waals surface area contributed by atoms with E-state index in [0.29, 0.717) is 33.5 Å². The molecule has 1 atom stereocenters. The van der Waals surface area contributed by atoms with Crippen LogP contribution in [0.2, 0.25) is 10.0 Å². The van der Waals surface area contributed by atoms with Crippen LogP contribution >= 0.6 is 23.2 Å². The van der Waals surface area contributed by atoms with Crippen LogP contribution in [0.4, 0.5) is 11.6 Å². The van der Waals surface area contributed by atoms with E-state index in [1.807, 2.05) is 0 Å². The summed E-state index contributed by atoms with van der Waals surface area (Å²) in [5.74, 6) is 2.56. The molecule has 0 aliphatic rings. The second-order valence-electron chi connectivity index (χ2n) is 5.18. The Morgan fingerprint density at radius 3 is 2.21 bits per heavy atom. The first-order valence-electron chi connectivity index (χ1n) is 6.79. The van der Waals surface area contributed by atoms with Gasteiger partial charge < -0.3 is 10.6 Å². The van der Waals surface area contributed by atoms with Crippen LogP contribution in [0, 0.1) is 11.8 Å². The lowest BCUT2D eigenvalue weighted by atomic mass is 9.98. The van der Waals surface area contributed by atoms with Gasteiger partial charge in [0.15, 0.2) is 0 Å². The van der Waals surface area contributed by atoms with E-state index >= 15 is 0 Å². The maximum absolute atomic E-state index is 6.16. The molecule has 1 heterocycles. The van der Waals surface area contributed by atoms with Crippen LogP contribution in [0.5, 0.6) is 0 Å². The monoisotopic (exact) mass is 303 g/mol. The SMILES string of the molecule is CCCNc1nc(NCC(C)C(C)C)c(Cl)cc1Cl. The lowest BCUT2D eigenvalue weighted by Crippen LogP contribution is -2.17. The zero-order valence-corrected chi connectivity index (χ0v) is 13.6. The lowest BCUT2D eigenvalue weighted by molar-refractivity contribution is 0.439. The molecule has 108 valence electrons. The van der Waals surface area contributed by atoms with E-state index < -0.39 is 0 Å². The summed E-state index contributed by atoms with van der Waals surface area (Å²) in [7, 11) is 0. The number of rotatable bonds is 7. The third-order valence-corrected chi connectivity index (χ3v) is 3.78. The predicted octanol–water partition coefficient (Wildman–Crippen LogP) is 4.91. The smallest absolute Gasteiger partial charge is 0.147 e. The number of hydrogen-bond acceptors (Lipinski definition) is 3. The van der Waals surface area contributed by atoms with Crippen LogP contribution in [-0.2, 0) is 0 Å². The van der Waals surface area contributed by atoms with E-state index in [2.05, 4.69) is 43.3 Å². The molecule has 0 aliphatic heterocycles. The molecule has 0 bridgehead atoms. The second kappa shape index (κ2) is 7.81. The summed E-state index contributed by atoms with van der Waals surface area (Å²) in [5, 5.41) is 7.61. The number of halogens is 2. The molecule has 1 aromatic rings. The molecule has 1 aromatic heterocycles. The molecule has 3 nitrogen and oxygen atoms in total. The van der Waals surface area contributed by atoms with Crippen molar-refractivity contribution in [3.05, 3.63) is 16.1 Å². The van der Waals surface area contributed by atoms with Crippen molar-refractivity contribution in [2.75, 3.05) is 23.7 Å². The van der Waals surface area contributed by atoms with Gasteiger partial charge in [0.25, 0.3) is 0 Å². The fourth-order valence-corrected chi connectivity index (χ4v) is 1.94. The molecule has 0 amide bonds. The topological polar surface area (TPSA) is 37.0 Å². The molecule has 0 aromatic carbocycles. The zero-order valence-electron chi connectivity index (χ0n) is 12.1. The summed E-state index contributed by atoms with van der Waals surface area (Å²) in [4.78, 5) is 4.45. The number of hydrogen-bond donors (Lipinski definition) is 2. The van der Waals surface area contributed by atoms with Crippen LogP contribution in [0.1, 0.15) is 34.1 Å². The minimum atomic E-state index is 0.556. The molecule has 0 fully saturated rings. The molecule has 5 heteroatoms. The quantitative estimate of drug-likeness (QED) is 0.751. The van der Waals surface area contributed by atoms with Crippen molar-refractivity contribution < 1.29 is 0 Å². The summed E-state index contributed by atoms with van der Waals surface area (Å²) in [6.07, 6.45) is 1.02. The molecule has 19 heavy (non-hydrogen) atoms. The molecule has 0 saturated carbocycles. The molecule has 1 unspecified atom stereocenters. The Morgan fingerprint density at radius 1 is 1.11 bits per heavy atom. The largest absolute Gasteiger partial charge is 0.369 e. The van der Waals surface area contributed by atoms with Crippen LogP contribution in [0.25, 0.3) is 0 Å². The molecular formula is C14H23Cl2N3. The lowest BCUT2D eigenvalue weighted by Gasteiger charge is -2.18. The third kappa shape index (κ3) is 5.07.